The number of rotatable bonds is 7. The molecule has 3 rings (SSSR count). The summed E-state index contributed by atoms with van der Waals surface area (Å²) < 4.78 is 5.74. The fourth-order valence-corrected chi connectivity index (χ4v) is 2.28. The molecule has 26 heavy (non-hydrogen) atoms. The number of para-hydroxylation sites is 1. The minimum atomic E-state index is -0.203. The third kappa shape index (κ3) is 4.70. The fourth-order valence-electron chi connectivity index (χ4n) is 2.28. The van der Waals surface area contributed by atoms with Gasteiger partial charge in [-0.05, 0) is 48.5 Å². The van der Waals surface area contributed by atoms with Crippen LogP contribution in [-0.2, 0) is 0 Å². The minimum absolute atomic E-state index is 0.203. The van der Waals surface area contributed by atoms with Crippen molar-refractivity contribution >= 4 is 17.4 Å². The molecule has 1 aromatic heterocycles. The van der Waals surface area contributed by atoms with Crippen LogP contribution >= 0.6 is 0 Å². The van der Waals surface area contributed by atoms with Gasteiger partial charge in [-0.2, -0.15) is 0 Å². The van der Waals surface area contributed by atoms with E-state index in [1.807, 2.05) is 42.5 Å². The normalized spacial score (nSPS) is 10.0. The molecule has 1 amide bonds. The second-order valence-corrected chi connectivity index (χ2v) is 5.49. The second kappa shape index (κ2) is 8.48. The lowest BCUT2D eigenvalue weighted by atomic mass is 10.2. The molecule has 2 aromatic carbocycles. The van der Waals surface area contributed by atoms with Crippen molar-refractivity contribution in [1.29, 1.82) is 0 Å². The smallest absolute Gasteiger partial charge is 0.255 e. The Kier molecular flexibility index (Phi) is 5.62. The standard InChI is InChI=1S/C21H19N3O2/c1-2-13-22-20-15-16(12-14-23-20)21(25)24-17-8-10-19(11-9-17)26-18-6-4-3-5-7-18/h2-12,14-15H,1,13H2,(H,22,23)(H,24,25). The summed E-state index contributed by atoms with van der Waals surface area (Å²) in [5.74, 6) is 1.89. The van der Waals surface area contributed by atoms with Gasteiger partial charge in [-0.15, -0.1) is 6.58 Å². The predicted octanol–water partition coefficient (Wildman–Crippen LogP) is 4.72. The van der Waals surface area contributed by atoms with Crippen LogP contribution in [0.2, 0.25) is 0 Å². The number of nitrogens with one attached hydrogen (secondary N) is 2. The van der Waals surface area contributed by atoms with Crippen molar-refractivity contribution in [2.45, 2.75) is 0 Å². The van der Waals surface area contributed by atoms with E-state index in [0.717, 1.165) is 5.75 Å². The zero-order valence-electron chi connectivity index (χ0n) is 14.2. The number of ether oxygens (including phenoxy) is 1. The Bertz CT molecular complexity index is 877. The van der Waals surface area contributed by atoms with Gasteiger partial charge in [0, 0.05) is 24.0 Å². The molecule has 0 aliphatic rings. The summed E-state index contributed by atoms with van der Waals surface area (Å²) in [6, 6.07) is 20.1. The summed E-state index contributed by atoms with van der Waals surface area (Å²) in [5.41, 5.74) is 1.21. The number of amides is 1. The third-order valence-electron chi connectivity index (χ3n) is 3.54. The van der Waals surface area contributed by atoms with E-state index in [4.69, 9.17) is 4.74 Å². The summed E-state index contributed by atoms with van der Waals surface area (Å²) in [6.07, 6.45) is 3.32. The van der Waals surface area contributed by atoms with Crippen LogP contribution in [0.25, 0.3) is 0 Å². The van der Waals surface area contributed by atoms with Gasteiger partial charge in [0.15, 0.2) is 0 Å². The van der Waals surface area contributed by atoms with E-state index < -0.39 is 0 Å². The molecule has 0 bridgehead atoms. The fraction of sp³-hybridized carbons (Fsp3) is 0.0476. The quantitative estimate of drug-likeness (QED) is 0.608. The number of aromatic nitrogens is 1. The molecule has 0 atom stereocenters. The van der Waals surface area contributed by atoms with Crippen molar-refractivity contribution in [1.82, 2.24) is 4.98 Å². The van der Waals surface area contributed by atoms with Gasteiger partial charge in [0.1, 0.15) is 17.3 Å². The van der Waals surface area contributed by atoms with E-state index in [2.05, 4.69) is 22.2 Å². The number of anilines is 2. The van der Waals surface area contributed by atoms with Crippen LogP contribution in [0.5, 0.6) is 11.5 Å². The molecular formula is C21H19N3O2. The third-order valence-corrected chi connectivity index (χ3v) is 3.54. The SMILES string of the molecule is C=CCNc1cc(C(=O)Nc2ccc(Oc3ccccc3)cc2)ccn1. The Morgan fingerprint density at radius 3 is 2.50 bits per heavy atom. The van der Waals surface area contributed by atoms with Crippen LogP contribution < -0.4 is 15.4 Å². The number of carbonyl (C=O) groups excluding carboxylic acids is 1. The first-order chi connectivity index (χ1) is 12.7. The highest BCUT2D eigenvalue weighted by Crippen LogP contribution is 2.23. The monoisotopic (exact) mass is 345 g/mol. The molecule has 3 aromatic rings. The Balaban J connectivity index is 1.63. The zero-order valence-corrected chi connectivity index (χ0v) is 14.2. The molecule has 0 radical (unpaired) electrons. The molecule has 130 valence electrons. The first-order valence-electron chi connectivity index (χ1n) is 8.20. The van der Waals surface area contributed by atoms with Crippen molar-refractivity contribution < 1.29 is 9.53 Å². The van der Waals surface area contributed by atoms with Crippen molar-refractivity contribution in [2.24, 2.45) is 0 Å². The maximum absolute atomic E-state index is 12.4. The molecule has 0 spiro atoms. The molecule has 0 saturated carbocycles. The molecule has 1 heterocycles. The number of carbonyl (C=O) groups is 1. The van der Waals surface area contributed by atoms with Gasteiger partial charge in [-0.25, -0.2) is 4.98 Å². The van der Waals surface area contributed by atoms with Crippen LogP contribution in [0, 0.1) is 0 Å². The van der Waals surface area contributed by atoms with E-state index in [9.17, 15) is 4.79 Å². The molecule has 0 aliphatic heterocycles. The van der Waals surface area contributed by atoms with Crippen LogP contribution in [-0.4, -0.2) is 17.4 Å². The van der Waals surface area contributed by atoms with Gasteiger partial charge < -0.3 is 15.4 Å². The maximum atomic E-state index is 12.4. The van der Waals surface area contributed by atoms with E-state index in [1.54, 1.807) is 36.5 Å². The lowest BCUT2D eigenvalue weighted by molar-refractivity contribution is 0.102. The number of nitrogens with zero attached hydrogens (tertiary/aromatic N) is 1. The number of benzene rings is 2. The summed E-state index contributed by atoms with van der Waals surface area (Å²) in [5, 5.41) is 5.92. The van der Waals surface area contributed by atoms with Crippen LogP contribution in [0.4, 0.5) is 11.5 Å². The average Bonchev–Trinajstić information content (AvgIpc) is 2.69. The van der Waals surface area contributed by atoms with Crippen LogP contribution in [0.1, 0.15) is 10.4 Å². The topological polar surface area (TPSA) is 63.2 Å². The van der Waals surface area contributed by atoms with E-state index in [-0.39, 0.29) is 5.91 Å². The summed E-state index contributed by atoms with van der Waals surface area (Å²) in [7, 11) is 0. The number of hydrogen-bond donors (Lipinski definition) is 2. The van der Waals surface area contributed by atoms with Crippen molar-refractivity contribution in [3.8, 4) is 11.5 Å². The summed E-state index contributed by atoms with van der Waals surface area (Å²) >= 11 is 0. The van der Waals surface area contributed by atoms with Crippen molar-refractivity contribution in [3.63, 3.8) is 0 Å². The van der Waals surface area contributed by atoms with Crippen molar-refractivity contribution in [2.75, 3.05) is 17.2 Å². The molecule has 0 fully saturated rings. The van der Waals surface area contributed by atoms with Crippen LogP contribution in [0.15, 0.2) is 85.6 Å². The average molecular weight is 345 g/mol. The van der Waals surface area contributed by atoms with E-state index in [0.29, 0.717) is 29.4 Å². The Labute approximate surface area is 152 Å². The van der Waals surface area contributed by atoms with Gasteiger partial charge >= 0.3 is 0 Å². The molecule has 5 heteroatoms. The molecule has 2 N–H and O–H groups in total. The highest BCUT2D eigenvalue weighted by Gasteiger charge is 2.07. The second-order valence-electron chi connectivity index (χ2n) is 5.49. The van der Waals surface area contributed by atoms with Gasteiger partial charge in [0.25, 0.3) is 5.91 Å². The lowest BCUT2D eigenvalue weighted by Crippen LogP contribution is -2.12. The van der Waals surface area contributed by atoms with Gasteiger partial charge in [0.05, 0.1) is 0 Å². The van der Waals surface area contributed by atoms with Gasteiger partial charge in [0.2, 0.25) is 0 Å². The summed E-state index contributed by atoms with van der Waals surface area (Å²) in [4.78, 5) is 16.6. The molecule has 0 aliphatic carbocycles. The molecule has 5 nitrogen and oxygen atoms in total. The Morgan fingerprint density at radius 2 is 1.77 bits per heavy atom. The molecular weight excluding hydrogens is 326 g/mol. The first kappa shape index (κ1) is 17.2. The number of pyridine rings is 1. The Hall–Kier alpha value is -3.60. The first-order valence-corrected chi connectivity index (χ1v) is 8.20. The Morgan fingerprint density at radius 1 is 1.04 bits per heavy atom. The lowest BCUT2D eigenvalue weighted by Gasteiger charge is -2.09. The molecule has 0 saturated heterocycles. The van der Waals surface area contributed by atoms with Crippen LogP contribution in [0.3, 0.4) is 0 Å². The predicted molar refractivity (Wildman–Crippen MR) is 104 cm³/mol. The maximum Gasteiger partial charge on any atom is 0.255 e. The molecule has 0 unspecified atom stereocenters. The number of hydrogen-bond acceptors (Lipinski definition) is 4. The van der Waals surface area contributed by atoms with Gasteiger partial charge in [-0.1, -0.05) is 24.3 Å². The highest BCUT2D eigenvalue weighted by molar-refractivity contribution is 6.04. The highest BCUT2D eigenvalue weighted by atomic mass is 16.5. The summed E-state index contributed by atoms with van der Waals surface area (Å²) in [6.45, 7) is 4.23. The van der Waals surface area contributed by atoms with E-state index >= 15 is 0 Å². The largest absolute Gasteiger partial charge is 0.457 e. The van der Waals surface area contributed by atoms with E-state index in [1.165, 1.54) is 0 Å². The van der Waals surface area contributed by atoms with Crippen molar-refractivity contribution in [3.05, 3.63) is 91.1 Å². The zero-order chi connectivity index (χ0) is 18.2. The minimum Gasteiger partial charge on any atom is -0.457 e. The van der Waals surface area contributed by atoms with Gasteiger partial charge in [-0.3, -0.25) is 4.79 Å².